The molecule has 0 N–H and O–H groups in total. The van der Waals surface area contributed by atoms with E-state index in [0.29, 0.717) is 25.4 Å². The van der Waals surface area contributed by atoms with Crippen molar-refractivity contribution < 1.29 is 9.59 Å². The maximum absolute atomic E-state index is 12.6. The first-order chi connectivity index (χ1) is 9.63. The summed E-state index contributed by atoms with van der Waals surface area (Å²) < 4.78 is 0. The third-order valence-corrected chi connectivity index (χ3v) is 3.81. The zero-order valence-corrected chi connectivity index (χ0v) is 12.3. The average molecular weight is 295 g/mol. The molecule has 1 unspecified atom stereocenters. The number of alkyl halides is 1. The van der Waals surface area contributed by atoms with Crippen molar-refractivity contribution in [1.29, 1.82) is 0 Å². The van der Waals surface area contributed by atoms with E-state index in [4.69, 9.17) is 11.6 Å². The van der Waals surface area contributed by atoms with E-state index < -0.39 is 0 Å². The Kier molecular flexibility index (Phi) is 5.01. The molecule has 0 radical (unpaired) electrons. The van der Waals surface area contributed by atoms with Gasteiger partial charge in [-0.3, -0.25) is 9.59 Å². The van der Waals surface area contributed by atoms with Gasteiger partial charge >= 0.3 is 0 Å². The molecule has 0 aliphatic carbocycles. The van der Waals surface area contributed by atoms with Crippen LogP contribution in [0.15, 0.2) is 30.3 Å². The summed E-state index contributed by atoms with van der Waals surface area (Å²) in [5.41, 5.74) is 0.865. The molecule has 2 rings (SSSR count). The SMILES string of the molecule is CN1CC(C(=O)N(CCCCl)c2ccccc2)CC1=O. The Morgan fingerprint density at radius 1 is 1.40 bits per heavy atom. The molecule has 4 nitrogen and oxygen atoms in total. The summed E-state index contributed by atoms with van der Waals surface area (Å²) >= 11 is 5.74. The molecule has 1 aliphatic rings. The Bertz CT molecular complexity index is 478. The molecule has 2 amide bonds. The second kappa shape index (κ2) is 6.75. The van der Waals surface area contributed by atoms with Crippen LogP contribution in [0.3, 0.4) is 0 Å². The largest absolute Gasteiger partial charge is 0.345 e. The number of carbonyl (C=O) groups is 2. The van der Waals surface area contributed by atoms with Crippen molar-refractivity contribution in [3.05, 3.63) is 30.3 Å². The molecule has 1 saturated heterocycles. The Hall–Kier alpha value is -1.55. The highest BCUT2D eigenvalue weighted by Gasteiger charge is 2.34. The highest BCUT2D eigenvalue weighted by Crippen LogP contribution is 2.23. The number of hydrogen-bond donors (Lipinski definition) is 0. The Labute approximate surface area is 124 Å². The molecule has 0 aromatic heterocycles. The average Bonchev–Trinajstić information content (AvgIpc) is 2.80. The lowest BCUT2D eigenvalue weighted by atomic mass is 10.1. The molecular weight excluding hydrogens is 276 g/mol. The second-order valence-corrected chi connectivity index (χ2v) is 5.42. The molecule has 0 spiro atoms. The van der Waals surface area contributed by atoms with Crippen LogP contribution >= 0.6 is 11.6 Å². The molecule has 1 aromatic rings. The standard InChI is InChI=1S/C15H19ClN2O2/c1-17-11-12(10-14(17)19)15(20)18(9-5-8-16)13-6-3-2-4-7-13/h2-4,6-7,12H,5,8-11H2,1H3. The molecule has 20 heavy (non-hydrogen) atoms. The third-order valence-electron chi connectivity index (χ3n) is 3.54. The van der Waals surface area contributed by atoms with Gasteiger partial charge in [-0.25, -0.2) is 0 Å². The van der Waals surface area contributed by atoms with Crippen molar-refractivity contribution in [2.75, 3.05) is 30.9 Å². The lowest BCUT2D eigenvalue weighted by Crippen LogP contribution is -2.38. The van der Waals surface area contributed by atoms with Gasteiger partial charge in [-0.15, -0.1) is 11.6 Å². The van der Waals surface area contributed by atoms with E-state index in [9.17, 15) is 9.59 Å². The van der Waals surface area contributed by atoms with Crippen LogP contribution in [-0.4, -0.2) is 42.7 Å². The van der Waals surface area contributed by atoms with E-state index in [-0.39, 0.29) is 17.7 Å². The smallest absolute Gasteiger partial charge is 0.232 e. The summed E-state index contributed by atoms with van der Waals surface area (Å²) in [6, 6.07) is 9.55. The van der Waals surface area contributed by atoms with Gasteiger partial charge in [0.2, 0.25) is 11.8 Å². The van der Waals surface area contributed by atoms with Crippen molar-refractivity contribution in [2.45, 2.75) is 12.8 Å². The van der Waals surface area contributed by atoms with Gasteiger partial charge in [0, 0.05) is 38.1 Å². The van der Waals surface area contributed by atoms with Gasteiger partial charge in [-0.1, -0.05) is 18.2 Å². The van der Waals surface area contributed by atoms with E-state index in [1.54, 1.807) is 16.8 Å². The van der Waals surface area contributed by atoms with Gasteiger partial charge in [0.05, 0.1) is 5.92 Å². The van der Waals surface area contributed by atoms with E-state index in [1.807, 2.05) is 30.3 Å². The summed E-state index contributed by atoms with van der Waals surface area (Å²) in [6.45, 7) is 1.09. The summed E-state index contributed by atoms with van der Waals surface area (Å²) in [6.07, 6.45) is 1.04. The van der Waals surface area contributed by atoms with Crippen LogP contribution in [0.1, 0.15) is 12.8 Å². The maximum Gasteiger partial charge on any atom is 0.232 e. The molecule has 1 aliphatic heterocycles. The topological polar surface area (TPSA) is 40.6 Å². The van der Waals surface area contributed by atoms with Crippen molar-refractivity contribution >= 4 is 29.1 Å². The first-order valence-corrected chi connectivity index (χ1v) is 7.33. The number of likely N-dealkylation sites (tertiary alicyclic amines) is 1. The first kappa shape index (κ1) is 14.9. The Morgan fingerprint density at radius 2 is 2.10 bits per heavy atom. The van der Waals surface area contributed by atoms with Gasteiger partial charge in [-0.2, -0.15) is 0 Å². The molecule has 1 atom stereocenters. The van der Waals surface area contributed by atoms with Crippen LogP contribution < -0.4 is 4.90 Å². The van der Waals surface area contributed by atoms with Gasteiger partial charge in [-0.05, 0) is 18.6 Å². The molecular formula is C15H19ClN2O2. The zero-order chi connectivity index (χ0) is 14.5. The molecule has 108 valence electrons. The highest BCUT2D eigenvalue weighted by atomic mass is 35.5. The minimum Gasteiger partial charge on any atom is -0.345 e. The van der Waals surface area contributed by atoms with Crippen molar-refractivity contribution in [3.8, 4) is 0 Å². The fourth-order valence-electron chi connectivity index (χ4n) is 2.44. The summed E-state index contributed by atoms with van der Waals surface area (Å²) in [4.78, 5) is 27.6. The predicted octanol–water partition coefficient (Wildman–Crippen LogP) is 2.13. The van der Waals surface area contributed by atoms with E-state index in [0.717, 1.165) is 12.1 Å². The van der Waals surface area contributed by atoms with Crippen LogP contribution in [0.2, 0.25) is 0 Å². The normalized spacial score (nSPS) is 18.4. The van der Waals surface area contributed by atoms with Gasteiger partial charge in [0.25, 0.3) is 0 Å². The number of benzene rings is 1. The number of anilines is 1. The van der Waals surface area contributed by atoms with Crippen LogP contribution in [0.4, 0.5) is 5.69 Å². The number of halogens is 1. The lowest BCUT2D eigenvalue weighted by Gasteiger charge is -2.25. The minimum absolute atomic E-state index is 0.0130. The fourth-order valence-corrected chi connectivity index (χ4v) is 2.56. The highest BCUT2D eigenvalue weighted by molar-refractivity contribution is 6.17. The summed E-state index contributed by atoms with van der Waals surface area (Å²) in [5.74, 6) is 0.316. The van der Waals surface area contributed by atoms with Gasteiger partial charge in [0.1, 0.15) is 0 Å². The number of nitrogens with zero attached hydrogens (tertiary/aromatic N) is 2. The fraction of sp³-hybridized carbons (Fsp3) is 0.467. The van der Waals surface area contributed by atoms with Crippen LogP contribution in [0.5, 0.6) is 0 Å². The number of carbonyl (C=O) groups excluding carboxylic acids is 2. The number of amides is 2. The Balaban J connectivity index is 2.14. The van der Waals surface area contributed by atoms with E-state index in [2.05, 4.69) is 0 Å². The number of rotatable bonds is 5. The quantitative estimate of drug-likeness (QED) is 0.781. The van der Waals surface area contributed by atoms with E-state index >= 15 is 0 Å². The predicted molar refractivity (Wildman–Crippen MR) is 79.9 cm³/mol. The van der Waals surface area contributed by atoms with Crippen molar-refractivity contribution in [3.63, 3.8) is 0 Å². The monoisotopic (exact) mass is 294 g/mol. The number of para-hydroxylation sites is 1. The summed E-state index contributed by atoms with van der Waals surface area (Å²) in [5, 5.41) is 0. The molecule has 1 fully saturated rings. The first-order valence-electron chi connectivity index (χ1n) is 6.80. The van der Waals surface area contributed by atoms with Crippen molar-refractivity contribution in [1.82, 2.24) is 4.90 Å². The molecule has 5 heteroatoms. The lowest BCUT2D eigenvalue weighted by molar-refractivity contribution is -0.127. The van der Waals surface area contributed by atoms with E-state index in [1.165, 1.54) is 0 Å². The molecule has 1 aromatic carbocycles. The number of hydrogen-bond acceptors (Lipinski definition) is 2. The van der Waals surface area contributed by atoms with Gasteiger partial charge in [0.15, 0.2) is 0 Å². The van der Waals surface area contributed by atoms with Crippen molar-refractivity contribution in [2.24, 2.45) is 5.92 Å². The van der Waals surface area contributed by atoms with Crippen LogP contribution in [0.25, 0.3) is 0 Å². The minimum atomic E-state index is -0.247. The second-order valence-electron chi connectivity index (χ2n) is 5.04. The van der Waals surface area contributed by atoms with Crippen LogP contribution in [0, 0.1) is 5.92 Å². The van der Waals surface area contributed by atoms with Crippen LogP contribution in [-0.2, 0) is 9.59 Å². The maximum atomic E-state index is 12.6. The molecule has 0 saturated carbocycles. The Morgan fingerprint density at radius 3 is 2.65 bits per heavy atom. The van der Waals surface area contributed by atoms with Gasteiger partial charge < -0.3 is 9.80 Å². The molecule has 0 bridgehead atoms. The molecule has 1 heterocycles. The summed E-state index contributed by atoms with van der Waals surface area (Å²) in [7, 11) is 1.74. The third kappa shape index (κ3) is 3.31. The zero-order valence-electron chi connectivity index (χ0n) is 11.6.